The second kappa shape index (κ2) is 11.8. The number of nitrogens with zero attached hydrogens (tertiary/aromatic N) is 3. The lowest BCUT2D eigenvalue weighted by Crippen LogP contribution is -2.31. The molecule has 4 rings (SSSR count). The van der Waals surface area contributed by atoms with Crippen LogP contribution in [0.2, 0.25) is 5.02 Å². The quantitative estimate of drug-likeness (QED) is 0.283. The molecular weight excluding hydrogens is 524 g/mol. The van der Waals surface area contributed by atoms with Crippen LogP contribution < -0.4 is 5.32 Å². The first kappa shape index (κ1) is 28.2. The van der Waals surface area contributed by atoms with Crippen LogP contribution in [-0.2, 0) is 6.18 Å². The SMILES string of the molecule is CN(C)CCNC(=O)c1ccc(-c2ccc(-c3ccccc3)n2-c2cnccc2C(F)(F)F)c(Cl)c1.Cl. The summed E-state index contributed by atoms with van der Waals surface area (Å²) in [6.07, 6.45) is -2.28. The maximum Gasteiger partial charge on any atom is 0.418 e. The number of pyridine rings is 1. The molecule has 0 aliphatic rings. The Kier molecular flexibility index (Phi) is 9.02. The number of likely N-dealkylation sites (N-methyl/N-ethyl adjacent to an activating group) is 1. The molecule has 5 nitrogen and oxygen atoms in total. The maximum absolute atomic E-state index is 14.0. The lowest BCUT2D eigenvalue weighted by atomic mass is 10.1. The van der Waals surface area contributed by atoms with E-state index in [1.807, 2.05) is 49.3 Å². The molecule has 37 heavy (non-hydrogen) atoms. The third-order valence-corrected chi connectivity index (χ3v) is 5.96. The van der Waals surface area contributed by atoms with Crippen LogP contribution in [0.4, 0.5) is 13.2 Å². The zero-order chi connectivity index (χ0) is 25.9. The van der Waals surface area contributed by atoms with Gasteiger partial charge < -0.3 is 14.8 Å². The lowest BCUT2D eigenvalue weighted by molar-refractivity contribution is -0.137. The monoisotopic (exact) mass is 548 g/mol. The number of hydrogen-bond acceptors (Lipinski definition) is 3. The van der Waals surface area contributed by atoms with Crippen LogP contribution in [0, 0.1) is 0 Å². The molecule has 2 aromatic carbocycles. The summed E-state index contributed by atoms with van der Waals surface area (Å²) in [7, 11) is 3.81. The molecule has 0 spiro atoms. The van der Waals surface area contributed by atoms with E-state index < -0.39 is 11.7 Å². The van der Waals surface area contributed by atoms with Gasteiger partial charge in [0.05, 0.1) is 33.9 Å². The standard InChI is InChI=1S/C27H24ClF3N4O.ClH/c1-34(2)15-14-33-26(36)19-8-9-20(22(28)16-19)24-11-10-23(18-6-4-3-5-7-18)35(24)25-17-32-13-12-21(25)27(29,30)31;/h3-13,16-17H,14-15H2,1-2H3,(H,33,36);1H. The number of hydrogen-bond donors (Lipinski definition) is 1. The van der Waals surface area contributed by atoms with Crippen LogP contribution in [0.1, 0.15) is 15.9 Å². The molecule has 194 valence electrons. The van der Waals surface area contributed by atoms with Crippen molar-refractivity contribution in [2.45, 2.75) is 6.18 Å². The van der Waals surface area contributed by atoms with Crippen molar-refractivity contribution >= 4 is 29.9 Å². The predicted molar refractivity (Wildman–Crippen MR) is 143 cm³/mol. The van der Waals surface area contributed by atoms with Gasteiger partial charge in [-0.1, -0.05) is 48.0 Å². The Morgan fingerprint density at radius 2 is 1.73 bits per heavy atom. The summed E-state index contributed by atoms with van der Waals surface area (Å²) in [5.74, 6) is -0.280. The van der Waals surface area contributed by atoms with E-state index in [-0.39, 0.29) is 29.0 Å². The van der Waals surface area contributed by atoms with Crippen LogP contribution in [0.5, 0.6) is 0 Å². The molecule has 0 bridgehead atoms. The summed E-state index contributed by atoms with van der Waals surface area (Å²) >= 11 is 6.60. The average molecular weight is 549 g/mol. The molecule has 0 fully saturated rings. The summed E-state index contributed by atoms with van der Waals surface area (Å²) < 4.78 is 43.4. The average Bonchev–Trinajstić information content (AvgIpc) is 3.28. The van der Waals surface area contributed by atoms with Crippen molar-refractivity contribution in [2.75, 3.05) is 27.2 Å². The van der Waals surface area contributed by atoms with Crippen molar-refractivity contribution in [3.8, 4) is 28.2 Å². The van der Waals surface area contributed by atoms with Gasteiger partial charge in [0.1, 0.15) is 0 Å². The Hall–Kier alpha value is -3.33. The zero-order valence-corrected chi connectivity index (χ0v) is 21.7. The van der Waals surface area contributed by atoms with Crippen molar-refractivity contribution in [3.05, 3.63) is 95.3 Å². The highest BCUT2D eigenvalue weighted by atomic mass is 35.5. The molecule has 1 N–H and O–H groups in total. The van der Waals surface area contributed by atoms with Crippen molar-refractivity contribution in [3.63, 3.8) is 0 Å². The topological polar surface area (TPSA) is 50.2 Å². The van der Waals surface area contributed by atoms with E-state index in [1.54, 1.807) is 24.3 Å². The van der Waals surface area contributed by atoms with Gasteiger partial charge in [0, 0.05) is 30.4 Å². The Balaban J connectivity index is 0.00000380. The maximum atomic E-state index is 14.0. The van der Waals surface area contributed by atoms with Gasteiger partial charge in [0.15, 0.2) is 0 Å². The van der Waals surface area contributed by atoms with Gasteiger partial charge in [-0.05, 0) is 50.0 Å². The molecular formula is C27H25Cl2F3N4O. The highest BCUT2D eigenvalue weighted by Crippen LogP contribution is 2.40. The molecule has 0 radical (unpaired) electrons. The number of nitrogens with one attached hydrogen (secondary N) is 1. The third-order valence-electron chi connectivity index (χ3n) is 5.65. The van der Waals surface area contributed by atoms with E-state index in [4.69, 9.17) is 11.6 Å². The number of amides is 1. The summed E-state index contributed by atoms with van der Waals surface area (Å²) in [5, 5.41) is 3.07. The van der Waals surface area contributed by atoms with Gasteiger partial charge in [-0.3, -0.25) is 9.78 Å². The molecule has 10 heteroatoms. The van der Waals surface area contributed by atoms with Gasteiger partial charge in [0.25, 0.3) is 5.91 Å². The van der Waals surface area contributed by atoms with E-state index >= 15 is 0 Å². The van der Waals surface area contributed by atoms with Crippen LogP contribution in [0.3, 0.4) is 0 Å². The van der Waals surface area contributed by atoms with E-state index in [1.165, 1.54) is 16.8 Å². The highest BCUT2D eigenvalue weighted by molar-refractivity contribution is 6.33. The molecule has 0 unspecified atom stereocenters. The molecule has 0 aliphatic heterocycles. The molecule has 4 aromatic rings. The highest BCUT2D eigenvalue weighted by Gasteiger charge is 2.35. The van der Waals surface area contributed by atoms with E-state index in [9.17, 15) is 18.0 Å². The number of aromatic nitrogens is 2. The summed E-state index contributed by atoms with van der Waals surface area (Å²) in [6, 6.07) is 18.3. The van der Waals surface area contributed by atoms with Crippen molar-refractivity contribution in [1.29, 1.82) is 0 Å². The zero-order valence-electron chi connectivity index (χ0n) is 20.1. The Morgan fingerprint density at radius 1 is 1.03 bits per heavy atom. The number of carbonyl (C=O) groups is 1. The minimum Gasteiger partial charge on any atom is -0.351 e. The van der Waals surface area contributed by atoms with Gasteiger partial charge in [-0.15, -0.1) is 12.4 Å². The minimum atomic E-state index is -4.59. The number of rotatable bonds is 7. The molecule has 1 amide bonds. The number of benzene rings is 2. The van der Waals surface area contributed by atoms with Crippen LogP contribution >= 0.6 is 24.0 Å². The van der Waals surface area contributed by atoms with Crippen molar-refractivity contribution in [2.24, 2.45) is 0 Å². The fourth-order valence-electron chi connectivity index (χ4n) is 3.90. The van der Waals surface area contributed by atoms with Gasteiger partial charge in [-0.2, -0.15) is 13.2 Å². The first-order valence-electron chi connectivity index (χ1n) is 11.2. The number of carbonyl (C=O) groups excluding carboxylic acids is 1. The smallest absolute Gasteiger partial charge is 0.351 e. The fraction of sp³-hybridized carbons (Fsp3) is 0.185. The van der Waals surface area contributed by atoms with Gasteiger partial charge >= 0.3 is 6.18 Å². The Morgan fingerprint density at radius 3 is 2.38 bits per heavy atom. The molecule has 2 heterocycles. The van der Waals surface area contributed by atoms with Crippen molar-refractivity contribution < 1.29 is 18.0 Å². The molecule has 0 atom stereocenters. The Labute approximate surface area is 224 Å². The third kappa shape index (κ3) is 6.33. The summed E-state index contributed by atoms with van der Waals surface area (Å²) in [6.45, 7) is 1.15. The van der Waals surface area contributed by atoms with E-state index in [2.05, 4.69) is 10.3 Å². The predicted octanol–water partition coefficient (Wildman–Crippen LogP) is 6.59. The van der Waals surface area contributed by atoms with Crippen molar-refractivity contribution in [1.82, 2.24) is 19.8 Å². The summed E-state index contributed by atoms with van der Waals surface area (Å²) in [5.41, 5.74) is 1.63. The second-order valence-corrected chi connectivity index (χ2v) is 8.86. The molecule has 0 saturated heterocycles. The first-order valence-corrected chi connectivity index (χ1v) is 11.6. The first-order chi connectivity index (χ1) is 17.2. The van der Waals surface area contributed by atoms with Crippen LogP contribution in [0.15, 0.2) is 79.1 Å². The van der Waals surface area contributed by atoms with E-state index in [0.717, 1.165) is 17.8 Å². The number of alkyl halides is 3. The van der Waals surface area contributed by atoms with Crippen LogP contribution in [-0.4, -0.2) is 47.5 Å². The summed E-state index contributed by atoms with van der Waals surface area (Å²) in [4.78, 5) is 18.5. The largest absolute Gasteiger partial charge is 0.418 e. The minimum absolute atomic E-state index is 0. The lowest BCUT2D eigenvalue weighted by Gasteiger charge is -2.19. The molecule has 0 saturated carbocycles. The van der Waals surface area contributed by atoms with Gasteiger partial charge in [0.2, 0.25) is 0 Å². The fourth-order valence-corrected chi connectivity index (χ4v) is 4.18. The molecule has 2 aromatic heterocycles. The second-order valence-electron chi connectivity index (χ2n) is 8.45. The molecule has 0 aliphatic carbocycles. The normalized spacial score (nSPS) is 11.3. The number of halogens is 5. The van der Waals surface area contributed by atoms with Gasteiger partial charge in [-0.25, -0.2) is 0 Å². The van der Waals surface area contributed by atoms with E-state index in [0.29, 0.717) is 35.6 Å². The van der Waals surface area contributed by atoms with Crippen LogP contribution in [0.25, 0.3) is 28.2 Å². The Bertz CT molecular complexity index is 1370.